The molecule has 0 bridgehead atoms. The summed E-state index contributed by atoms with van der Waals surface area (Å²) in [5.74, 6) is 1.70. The molecule has 0 spiro atoms. The summed E-state index contributed by atoms with van der Waals surface area (Å²) < 4.78 is 7.34. The monoisotopic (exact) mass is 496 g/mol. The standard InChI is InChI=1S/C29H32N6O2/c1-19(2)27(28-31-32-33-35(28)18-25-11-8-12-37-25)34(16-22-9-6-5-7-10-22)17-24-15-23-14-20(3)13-21(4)26(23)30-29(24)36/h5-15,19,27H,16-18H2,1-4H3,(H,30,36). The van der Waals surface area contributed by atoms with Gasteiger partial charge in [0.1, 0.15) is 12.3 Å². The van der Waals surface area contributed by atoms with Gasteiger partial charge in [-0.3, -0.25) is 9.69 Å². The molecule has 1 unspecified atom stereocenters. The molecular weight excluding hydrogens is 464 g/mol. The number of benzene rings is 2. The Morgan fingerprint density at radius 2 is 1.84 bits per heavy atom. The zero-order chi connectivity index (χ0) is 25.9. The van der Waals surface area contributed by atoms with Crippen LogP contribution < -0.4 is 5.56 Å². The lowest BCUT2D eigenvalue weighted by Gasteiger charge is -2.33. The normalized spacial score (nSPS) is 12.6. The number of aryl methyl sites for hydroxylation is 2. The van der Waals surface area contributed by atoms with Crippen molar-refractivity contribution in [1.29, 1.82) is 0 Å². The maximum atomic E-state index is 13.3. The van der Waals surface area contributed by atoms with Crippen molar-refractivity contribution in [3.05, 3.63) is 111 Å². The first-order valence-corrected chi connectivity index (χ1v) is 12.6. The van der Waals surface area contributed by atoms with E-state index >= 15 is 0 Å². The highest BCUT2D eigenvalue weighted by Crippen LogP contribution is 2.30. The van der Waals surface area contributed by atoms with Gasteiger partial charge in [-0.25, -0.2) is 4.68 Å². The number of aromatic nitrogens is 5. The number of furan rings is 1. The molecule has 8 nitrogen and oxygen atoms in total. The minimum atomic E-state index is -0.139. The van der Waals surface area contributed by atoms with Crippen LogP contribution in [0.5, 0.6) is 0 Å². The number of fused-ring (bicyclic) bond motifs is 1. The number of nitrogens with one attached hydrogen (secondary N) is 1. The number of rotatable bonds is 9. The molecule has 0 radical (unpaired) electrons. The summed E-state index contributed by atoms with van der Waals surface area (Å²) >= 11 is 0. The molecule has 2 aromatic carbocycles. The third-order valence-electron chi connectivity index (χ3n) is 6.71. The first-order chi connectivity index (χ1) is 17.9. The minimum absolute atomic E-state index is 0.0739. The van der Waals surface area contributed by atoms with Gasteiger partial charge in [-0.2, -0.15) is 0 Å². The topological polar surface area (TPSA) is 92.8 Å². The predicted molar refractivity (Wildman–Crippen MR) is 143 cm³/mol. The van der Waals surface area contributed by atoms with Crippen LogP contribution in [0.2, 0.25) is 0 Å². The highest BCUT2D eigenvalue weighted by Gasteiger charge is 2.30. The van der Waals surface area contributed by atoms with Gasteiger partial charge in [-0.05, 0) is 71.0 Å². The van der Waals surface area contributed by atoms with E-state index in [2.05, 4.69) is 70.4 Å². The Morgan fingerprint density at radius 3 is 2.57 bits per heavy atom. The van der Waals surface area contributed by atoms with Crippen LogP contribution in [0.25, 0.3) is 10.9 Å². The molecule has 0 fully saturated rings. The summed E-state index contributed by atoms with van der Waals surface area (Å²) in [6, 6.07) is 20.2. The average Bonchev–Trinajstić information content (AvgIpc) is 3.54. The Hall–Kier alpha value is -4.04. The summed E-state index contributed by atoms with van der Waals surface area (Å²) in [7, 11) is 0. The van der Waals surface area contributed by atoms with E-state index in [1.807, 2.05) is 43.3 Å². The van der Waals surface area contributed by atoms with Crippen molar-refractivity contribution >= 4 is 10.9 Å². The van der Waals surface area contributed by atoms with Gasteiger partial charge in [0.15, 0.2) is 5.82 Å². The Kier molecular flexibility index (Phi) is 7.01. The zero-order valence-electron chi connectivity index (χ0n) is 21.7. The second-order valence-corrected chi connectivity index (χ2v) is 10.0. The minimum Gasteiger partial charge on any atom is -0.467 e. The van der Waals surface area contributed by atoms with Crippen LogP contribution in [0.4, 0.5) is 0 Å². The molecule has 0 aliphatic carbocycles. The molecule has 0 aliphatic rings. The largest absolute Gasteiger partial charge is 0.467 e. The van der Waals surface area contributed by atoms with Crippen LogP contribution in [0, 0.1) is 19.8 Å². The number of tetrazole rings is 1. The summed E-state index contributed by atoms with van der Waals surface area (Å²) in [5.41, 5.74) is 4.91. The Morgan fingerprint density at radius 1 is 1.03 bits per heavy atom. The smallest absolute Gasteiger partial charge is 0.252 e. The van der Waals surface area contributed by atoms with E-state index in [0.29, 0.717) is 25.2 Å². The third kappa shape index (κ3) is 5.39. The number of pyridine rings is 1. The molecule has 5 rings (SSSR count). The summed E-state index contributed by atoms with van der Waals surface area (Å²) in [6.45, 7) is 9.95. The summed E-state index contributed by atoms with van der Waals surface area (Å²) in [6.07, 6.45) is 1.65. The molecule has 3 aromatic heterocycles. The van der Waals surface area contributed by atoms with Gasteiger partial charge in [0.25, 0.3) is 5.56 Å². The Bertz CT molecular complexity index is 1540. The molecule has 3 heterocycles. The molecule has 0 saturated carbocycles. The summed E-state index contributed by atoms with van der Waals surface area (Å²) in [5, 5.41) is 13.8. The van der Waals surface area contributed by atoms with E-state index in [-0.39, 0.29) is 17.5 Å². The molecule has 5 aromatic rings. The van der Waals surface area contributed by atoms with E-state index in [1.165, 1.54) is 5.56 Å². The lowest BCUT2D eigenvalue weighted by atomic mass is 9.99. The van der Waals surface area contributed by atoms with E-state index in [4.69, 9.17) is 4.42 Å². The van der Waals surface area contributed by atoms with Crippen LogP contribution in [0.3, 0.4) is 0 Å². The van der Waals surface area contributed by atoms with E-state index < -0.39 is 0 Å². The second-order valence-electron chi connectivity index (χ2n) is 10.0. The van der Waals surface area contributed by atoms with Crippen LogP contribution >= 0.6 is 0 Å². The van der Waals surface area contributed by atoms with Crippen molar-refractivity contribution in [2.45, 2.75) is 53.4 Å². The van der Waals surface area contributed by atoms with Crippen molar-refractivity contribution in [2.24, 2.45) is 5.92 Å². The lowest BCUT2D eigenvalue weighted by Crippen LogP contribution is -2.35. The lowest BCUT2D eigenvalue weighted by molar-refractivity contribution is 0.125. The number of hydrogen-bond acceptors (Lipinski definition) is 6. The number of hydrogen-bond donors (Lipinski definition) is 1. The van der Waals surface area contributed by atoms with Crippen molar-refractivity contribution in [3.63, 3.8) is 0 Å². The predicted octanol–water partition coefficient (Wildman–Crippen LogP) is 5.17. The van der Waals surface area contributed by atoms with Crippen molar-refractivity contribution < 1.29 is 4.42 Å². The fourth-order valence-electron chi connectivity index (χ4n) is 5.11. The maximum Gasteiger partial charge on any atom is 0.252 e. The first kappa shape index (κ1) is 24.6. The molecule has 1 atom stereocenters. The quantitative estimate of drug-likeness (QED) is 0.303. The third-order valence-corrected chi connectivity index (χ3v) is 6.71. The van der Waals surface area contributed by atoms with Crippen LogP contribution in [-0.2, 0) is 19.6 Å². The highest BCUT2D eigenvalue weighted by atomic mass is 16.3. The number of H-pyrrole nitrogens is 1. The number of aromatic amines is 1. The van der Waals surface area contributed by atoms with E-state index in [1.54, 1.807) is 10.9 Å². The zero-order valence-corrected chi connectivity index (χ0v) is 21.7. The van der Waals surface area contributed by atoms with Gasteiger partial charge in [0.05, 0.1) is 17.8 Å². The molecule has 1 N–H and O–H groups in total. The average molecular weight is 497 g/mol. The van der Waals surface area contributed by atoms with Gasteiger partial charge in [-0.15, -0.1) is 5.10 Å². The van der Waals surface area contributed by atoms with Crippen molar-refractivity contribution in [1.82, 2.24) is 30.1 Å². The van der Waals surface area contributed by atoms with Gasteiger partial charge < -0.3 is 9.40 Å². The van der Waals surface area contributed by atoms with Gasteiger partial charge in [0, 0.05) is 18.7 Å². The van der Waals surface area contributed by atoms with E-state index in [9.17, 15) is 4.79 Å². The molecule has 37 heavy (non-hydrogen) atoms. The van der Waals surface area contributed by atoms with Crippen LogP contribution in [0.15, 0.2) is 76.1 Å². The van der Waals surface area contributed by atoms with Gasteiger partial charge in [-0.1, -0.05) is 55.8 Å². The maximum absolute atomic E-state index is 13.3. The van der Waals surface area contributed by atoms with Crippen molar-refractivity contribution in [2.75, 3.05) is 0 Å². The molecule has 0 amide bonds. The Balaban J connectivity index is 1.57. The number of nitrogens with zero attached hydrogens (tertiary/aromatic N) is 5. The second kappa shape index (κ2) is 10.5. The van der Waals surface area contributed by atoms with Gasteiger partial charge in [0.2, 0.25) is 0 Å². The molecular formula is C29H32N6O2. The molecule has 190 valence electrons. The molecule has 8 heteroatoms. The molecule has 0 saturated heterocycles. The van der Waals surface area contributed by atoms with Gasteiger partial charge >= 0.3 is 0 Å². The van der Waals surface area contributed by atoms with Crippen molar-refractivity contribution in [3.8, 4) is 0 Å². The highest BCUT2D eigenvalue weighted by molar-refractivity contribution is 5.82. The fourth-order valence-corrected chi connectivity index (χ4v) is 5.11. The van der Waals surface area contributed by atoms with E-state index in [0.717, 1.165) is 33.6 Å². The summed E-state index contributed by atoms with van der Waals surface area (Å²) in [4.78, 5) is 18.7. The van der Waals surface area contributed by atoms with Crippen LogP contribution in [0.1, 0.15) is 53.7 Å². The Labute approximate surface area is 215 Å². The van der Waals surface area contributed by atoms with Crippen LogP contribution in [-0.4, -0.2) is 30.1 Å². The molecule has 0 aliphatic heterocycles. The fraction of sp³-hybridized carbons (Fsp3) is 0.310. The SMILES string of the molecule is Cc1cc(C)c2[nH]c(=O)c(CN(Cc3ccccc3)C(c3nnnn3Cc3ccco3)C(C)C)cc2c1. The first-order valence-electron chi connectivity index (χ1n) is 12.6.